The van der Waals surface area contributed by atoms with E-state index < -0.39 is 6.10 Å². The maximum absolute atomic E-state index is 9.51. The Balaban J connectivity index is 2.73. The third kappa shape index (κ3) is 2.48. The van der Waals surface area contributed by atoms with Crippen LogP contribution >= 0.6 is 11.6 Å². The smallest absolute Gasteiger partial charge is 0.0802 e. The number of halogens is 1. The highest BCUT2D eigenvalue weighted by Crippen LogP contribution is 2.19. The normalized spacial score (nSPS) is 12.9. The van der Waals surface area contributed by atoms with Gasteiger partial charge < -0.3 is 10.8 Å². The summed E-state index contributed by atoms with van der Waals surface area (Å²) >= 11 is 5.75. The molecule has 0 heterocycles. The summed E-state index contributed by atoms with van der Waals surface area (Å²) in [5.74, 6) is 0. The van der Waals surface area contributed by atoms with Crippen LogP contribution in [0.1, 0.15) is 18.1 Å². The Hall–Kier alpha value is -0.570. The van der Waals surface area contributed by atoms with Crippen LogP contribution in [0, 0.1) is 0 Å². The highest BCUT2D eigenvalue weighted by atomic mass is 35.5. The van der Waals surface area contributed by atoms with Crippen molar-refractivity contribution in [2.24, 2.45) is 5.73 Å². The molecule has 0 amide bonds. The molecule has 0 saturated carbocycles. The Morgan fingerprint density at radius 2 is 2.25 bits per heavy atom. The molecule has 1 rings (SSSR count). The van der Waals surface area contributed by atoms with Crippen LogP contribution in [-0.4, -0.2) is 11.7 Å². The predicted molar refractivity (Wildman–Crippen MR) is 50.1 cm³/mol. The van der Waals surface area contributed by atoms with E-state index in [4.69, 9.17) is 17.3 Å². The average Bonchev–Trinajstić information content (AvgIpc) is 2.05. The molecule has 0 fully saturated rings. The van der Waals surface area contributed by atoms with Crippen LogP contribution in [0.25, 0.3) is 0 Å². The van der Waals surface area contributed by atoms with Gasteiger partial charge in [0.25, 0.3) is 0 Å². The summed E-state index contributed by atoms with van der Waals surface area (Å²) in [6, 6.07) is 7.19. The summed E-state index contributed by atoms with van der Waals surface area (Å²) in [6.07, 6.45) is 0.0778. The zero-order valence-corrected chi connectivity index (χ0v) is 7.46. The molecule has 1 atom stereocenters. The van der Waals surface area contributed by atoms with Gasteiger partial charge in [0.05, 0.1) is 6.10 Å². The Morgan fingerprint density at radius 3 is 2.83 bits per heavy atom. The molecule has 0 spiro atoms. The third-order valence-corrected chi connectivity index (χ3v) is 1.91. The highest BCUT2D eigenvalue weighted by molar-refractivity contribution is 6.30. The Kier molecular flexibility index (Phi) is 3.53. The zero-order chi connectivity index (χ0) is 8.97. The van der Waals surface area contributed by atoms with Crippen LogP contribution in [0.5, 0.6) is 0 Å². The van der Waals surface area contributed by atoms with Crippen molar-refractivity contribution in [2.75, 3.05) is 6.54 Å². The van der Waals surface area contributed by atoms with Gasteiger partial charge in [0.15, 0.2) is 0 Å². The van der Waals surface area contributed by atoms with Crippen LogP contribution in [0.15, 0.2) is 24.3 Å². The summed E-state index contributed by atoms with van der Waals surface area (Å²) in [5, 5.41) is 10.1. The van der Waals surface area contributed by atoms with E-state index in [9.17, 15) is 5.11 Å². The fraction of sp³-hybridized carbons (Fsp3) is 0.333. The van der Waals surface area contributed by atoms with Crippen molar-refractivity contribution < 1.29 is 5.11 Å². The second-order valence-electron chi connectivity index (χ2n) is 2.65. The highest BCUT2D eigenvalue weighted by Gasteiger charge is 2.05. The van der Waals surface area contributed by atoms with E-state index >= 15 is 0 Å². The second-order valence-corrected chi connectivity index (χ2v) is 3.08. The van der Waals surface area contributed by atoms with E-state index in [1.54, 1.807) is 12.1 Å². The molecule has 66 valence electrons. The number of benzene rings is 1. The largest absolute Gasteiger partial charge is 0.388 e. The van der Waals surface area contributed by atoms with Gasteiger partial charge in [-0.1, -0.05) is 23.7 Å². The topological polar surface area (TPSA) is 46.2 Å². The maximum Gasteiger partial charge on any atom is 0.0802 e. The van der Waals surface area contributed by atoms with E-state index in [0.29, 0.717) is 18.0 Å². The minimum atomic E-state index is -0.492. The molecule has 0 aromatic heterocycles. The Labute approximate surface area is 77.0 Å². The average molecular weight is 186 g/mol. The van der Waals surface area contributed by atoms with Crippen LogP contribution in [-0.2, 0) is 0 Å². The number of hydrogen-bond acceptors (Lipinski definition) is 2. The third-order valence-electron chi connectivity index (χ3n) is 1.67. The molecule has 2 nitrogen and oxygen atoms in total. The molecule has 3 heteroatoms. The van der Waals surface area contributed by atoms with Gasteiger partial charge in [-0.05, 0) is 30.7 Å². The number of aliphatic hydroxyl groups excluding tert-OH is 1. The van der Waals surface area contributed by atoms with Crippen molar-refractivity contribution in [3.05, 3.63) is 34.9 Å². The van der Waals surface area contributed by atoms with Crippen molar-refractivity contribution >= 4 is 11.6 Å². The van der Waals surface area contributed by atoms with Gasteiger partial charge in [-0.2, -0.15) is 0 Å². The lowest BCUT2D eigenvalue weighted by molar-refractivity contribution is 0.170. The number of nitrogens with two attached hydrogens (primary N) is 1. The van der Waals surface area contributed by atoms with Gasteiger partial charge in [-0.15, -0.1) is 0 Å². The molecule has 12 heavy (non-hydrogen) atoms. The lowest BCUT2D eigenvalue weighted by Gasteiger charge is -2.08. The maximum atomic E-state index is 9.51. The van der Waals surface area contributed by atoms with Crippen molar-refractivity contribution in [1.29, 1.82) is 0 Å². The predicted octanol–water partition coefficient (Wildman–Crippen LogP) is 1.72. The van der Waals surface area contributed by atoms with Crippen LogP contribution < -0.4 is 5.73 Å². The van der Waals surface area contributed by atoms with Crippen LogP contribution in [0.3, 0.4) is 0 Å². The van der Waals surface area contributed by atoms with Crippen molar-refractivity contribution in [3.8, 4) is 0 Å². The molecule has 1 aromatic rings. The van der Waals surface area contributed by atoms with Crippen molar-refractivity contribution in [3.63, 3.8) is 0 Å². The summed E-state index contributed by atoms with van der Waals surface area (Å²) < 4.78 is 0. The zero-order valence-electron chi connectivity index (χ0n) is 6.70. The molecule has 0 aliphatic rings. The Morgan fingerprint density at radius 1 is 1.50 bits per heavy atom. The van der Waals surface area contributed by atoms with E-state index in [-0.39, 0.29) is 0 Å². The summed E-state index contributed by atoms with van der Waals surface area (Å²) in [6.45, 7) is 0.480. The molecule has 0 aliphatic heterocycles. The Bertz CT molecular complexity index is 252. The summed E-state index contributed by atoms with van der Waals surface area (Å²) in [4.78, 5) is 0. The first-order valence-corrected chi connectivity index (χ1v) is 4.25. The minimum absolute atomic E-state index is 0.480. The fourth-order valence-corrected chi connectivity index (χ4v) is 1.24. The number of aliphatic hydroxyl groups is 1. The molecule has 1 aromatic carbocycles. The lowest BCUT2D eigenvalue weighted by Crippen LogP contribution is -2.06. The van der Waals surface area contributed by atoms with Gasteiger partial charge in [-0.3, -0.25) is 0 Å². The van der Waals surface area contributed by atoms with Crippen LogP contribution in [0.2, 0.25) is 5.02 Å². The molecule has 0 radical (unpaired) electrons. The quantitative estimate of drug-likeness (QED) is 0.754. The molecule has 0 saturated heterocycles. The summed E-state index contributed by atoms with van der Waals surface area (Å²) in [7, 11) is 0. The SMILES string of the molecule is NCC[C@H](O)c1cccc(Cl)c1. The number of hydrogen-bond donors (Lipinski definition) is 2. The molecule has 0 unspecified atom stereocenters. The first-order valence-electron chi connectivity index (χ1n) is 3.87. The van der Waals surface area contributed by atoms with Gasteiger partial charge in [0, 0.05) is 5.02 Å². The minimum Gasteiger partial charge on any atom is -0.388 e. The standard InChI is InChI=1S/C9H12ClNO/c10-8-3-1-2-7(6-8)9(12)4-5-11/h1-3,6,9,12H,4-5,11H2/t9-/m0/s1. The van der Waals surface area contributed by atoms with E-state index in [1.165, 1.54) is 0 Å². The molecular weight excluding hydrogens is 174 g/mol. The summed E-state index contributed by atoms with van der Waals surface area (Å²) in [5.41, 5.74) is 6.14. The van der Waals surface area contributed by atoms with E-state index in [2.05, 4.69) is 0 Å². The molecule has 3 N–H and O–H groups in total. The van der Waals surface area contributed by atoms with Gasteiger partial charge in [0.2, 0.25) is 0 Å². The van der Waals surface area contributed by atoms with Gasteiger partial charge >= 0.3 is 0 Å². The fourth-order valence-electron chi connectivity index (χ4n) is 1.04. The molecular formula is C9H12ClNO. The molecule has 0 aliphatic carbocycles. The monoisotopic (exact) mass is 185 g/mol. The first kappa shape index (κ1) is 9.52. The van der Waals surface area contributed by atoms with Crippen molar-refractivity contribution in [1.82, 2.24) is 0 Å². The second kappa shape index (κ2) is 4.45. The van der Waals surface area contributed by atoms with Crippen LogP contribution in [0.4, 0.5) is 0 Å². The van der Waals surface area contributed by atoms with Crippen molar-refractivity contribution in [2.45, 2.75) is 12.5 Å². The van der Waals surface area contributed by atoms with E-state index in [1.807, 2.05) is 12.1 Å². The lowest BCUT2D eigenvalue weighted by atomic mass is 10.1. The van der Waals surface area contributed by atoms with Gasteiger partial charge in [-0.25, -0.2) is 0 Å². The van der Waals surface area contributed by atoms with Gasteiger partial charge in [0.1, 0.15) is 0 Å². The molecule has 0 bridgehead atoms. The first-order chi connectivity index (χ1) is 5.74. The number of rotatable bonds is 3. The van der Waals surface area contributed by atoms with E-state index in [0.717, 1.165) is 5.56 Å².